The Bertz CT molecular complexity index is 721. The molecule has 4 aliphatic carbocycles. The fourth-order valence-corrected chi connectivity index (χ4v) is 6.52. The van der Waals surface area contributed by atoms with E-state index in [-0.39, 0.29) is 37.3 Å². The fraction of sp³-hybridized carbons (Fsp3) is 0.842. The van der Waals surface area contributed by atoms with Crippen molar-refractivity contribution in [3.05, 3.63) is 11.6 Å². The molecule has 1 aliphatic heterocycles. The Balaban J connectivity index is 1.28. The van der Waals surface area contributed by atoms with Crippen molar-refractivity contribution >= 4 is 5.91 Å². The van der Waals surface area contributed by atoms with Crippen LogP contribution in [-0.2, 0) is 24.3 Å². The van der Waals surface area contributed by atoms with Gasteiger partial charge in [0.05, 0.1) is 12.5 Å². The summed E-state index contributed by atoms with van der Waals surface area (Å²) in [5, 5.41) is 11.1. The molecule has 2 heterocycles. The highest BCUT2D eigenvalue weighted by Gasteiger charge is 2.54. The molecule has 1 aromatic rings. The SMILES string of the molecule is O=C(NCc1nnc2n1C[C@H](C(F)(F)F)CC2)C12CC3CC(CC(C3)C1)C2. The quantitative estimate of drug-likeness (QED) is 0.873. The standard InChI is InChI=1S/C19H25F3N4O/c20-19(21,22)14-1-2-15-24-25-16(26(15)10-14)9-23-17(27)18-6-11-3-12(7-18)5-13(4-11)8-18/h11-14H,1-10H2,(H,23,27)/t11?,12?,13?,14-,18?/m1/s1. The van der Waals surface area contributed by atoms with Gasteiger partial charge in [0.25, 0.3) is 0 Å². The molecule has 6 rings (SSSR count). The zero-order chi connectivity index (χ0) is 18.8. The van der Waals surface area contributed by atoms with E-state index in [1.807, 2.05) is 0 Å². The van der Waals surface area contributed by atoms with Crippen LogP contribution in [0.3, 0.4) is 0 Å². The number of aryl methyl sites for hydroxylation is 1. The number of rotatable bonds is 3. The van der Waals surface area contributed by atoms with Crippen molar-refractivity contribution in [2.24, 2.45) is 29.1 Å². The van der Waals surface area contributed by atoms with E-state index in [9.17, 15) is 18.0 Å². The van der Waals surface area contributed by atoms with Crippen LogP contribution in [0.1, 0.15) is 56.6 Å². The molecule has 8 heteroatoms. The molecule has 4 bridgehead atoms. The normalized spacial score (nSPS) is 37.3. The van der Waals surface area contributed by atoms with E-state index in [1.165, 1.54) is 19.3 Å². The third-order valence-corrected chi connectivity index (χ3v) is 7.41. The Morgan fingerprint density at radius 1 is 1.11 bits per heavy atom. The van der Waals surface area contributed by atoms with Gasteiger partial charge in [-0.15, -0.1) is 10.2 Å². The van der Waals surface area contributed by atoms with Crippen molar-refractivity contribution in [3.63, 3.8) is 0 Å². The summed E-state index contributed by atoms with van der Waals surface area (Å²) in [7, 11) is 0. The lowest BCUT2D eigenvalue weighted by molar-refractivity contribution is -0.182. The third kappa shape index (κ3) is 2.95. The predicted molar refractivity (Wildman–Crippen MR) is 90.3 cm³/mol. The van der Waals surface area contributed by atoms with Crippen LogP contribution in [0.2, 0.25) is 0 Å². The molecule has 0 saturated heterocycles. The molecule has 5 aliphatic rings. The number of hydrogen-bond donors (Lipinski definition) is 1. The highest BCUT2D eigenvalue weighted by atomic mass is 19.4. The molecule has 4 fully saturated rings. The van der Waals surface area contributed by atoms with Crippen LogP contribution in [0.5, 0.6) is 0 Å². The molecule has 0 radical (unpaired) electrons. The number of hydrogen-bond acceptors (Lipinski definition) is 3. The van der Waals surface area contributed by atoms with Crippen molar-refractivity contribution in [3.8, 4) is 0 Å². The van der Waals surface area contributed by atoms with Crippen LogP contribution in [0.4, 0.5) is 13.2 Å². The van der Waals surface area contributed by atoms with E-state index in [2.05, 4.69) is 15.5 Å². The highest BCUT2D eigenvalue weighted by Crippen LogP contribution is 2.60. The van der Waals surface area contributed by atoms with Gasteiger partial charge in [-0.05, 0) is 62.7 Å². The topological polar surface area (TPSA) is 59.8 Å². The molecule has 5 nitrogen and oxygen atoms in total. The highest BCUT2D eigenvalue weighted by molar-refractivity contribution is 5.83. The monoisotopic (exact) mass is 382 g/mol. The number of amides is 1. The second-order valence-corrected chi connectivity index (χ2v) is 9.30. The molecule has 1 N–H and O–H groups in total. The van der Waals surface area contributed by atoms with Gasteiger partial charge in [0, 0.05) is 18.4 Å². The van der Waals surface area contributed by atoms with Gasteiger partial charge in [0.2, 0.25) is 5.91 Å². The summed E-state index contributed by atoms with van der Waals surface area (Å²) in [4.78, 5) is 13.0. The van der Waals surface area contributed by atoms with Gasteiger partial charge < -0.3 is 9.88 Å². The van der Waals surface area contributed by atoms with E-state index in [0.29, 0.717) is 29.4 Å². The molecule has 4 saturated carbocycles. The number of aromatic nitrogens is 3. The maximum atomic E-state index is 13.1. The van der Waals surface area contributed by atoms with E-state index in [1.54, 1.807) is 4.57 Å². The zero-order valence-corrected chi connectivity index (χ0v) is 15.3. The number of nitrogens with one attached hydrogen (secondary N) is 1. The van der Waals surface area contributed by atoms with Gasteiger partial charge in [-0.25, -0.2) is 0 Å². The molecule has 148 valence electrons. The Morgan fingerprint density at radius 3 is 2.33 bits per heavy atom. The smallest absolute Gasteiger partial charge is 0.348 e. The molecule has 1 amide bonds. The van der Waals surface area contributed by atoms with Crippen LogP contribution in [0, 0.1) is 29.1 Å². The fourth-order valence-electron chi connectivity index (χ4n) is 6.52. The van der Waals surface area contributed by atoms with Gasteiger partial charge in [-0.1, -0.05) is 0 Å². The average Bonchev–Trinajstić information content (AvgIpc) is 3.00. The lowest BCUT2D eigenvalue weighted by Crippen LogP contribution is -2.53. The first-order valence-corrected chi connectivity index (χ1v) is 10.1. The summed E-state index contributed by atoms with van der Waals surface area (Å²) in [5.41, 5.74) is -0.256. The summed E-state index contributed by atoms with van der Waals surface area (Å²) >= 11 is 0. The Labute approximate surface area is 156 Å². The first-order valence-electron chi connectivity index (χ1n) is 10.1. The van der Waals surface area contributed by atoms with Gasteiger partial charge in [0.15, 0.2) is 5.82 Å². The van der Waals surface area contributed by atoms with Crippen LogP contribution in [0.15, 0.2) is 0 Å². The van der Waals surface area contributed by atoms with Crippen molar-refractivity contribution in [2.45, 2.75) is 70.6 Å². The Morgan fingerprint density at radius 2 is 1.74 bits per heavy atom. The Hall–Kier alpha value is -1.60. The number of carbonyl (C=O) groups is 1. The largest absolute Gasteiger partial charge is 0.393 e. The molecule has 1 atom stereocenters. The van der Waals surface area contributed by atoms with Crippen LogP contribution < -0.4 is 5.32 Å². The van der Waals surface area contributed by atoms with Crippen LogP contribution in [0.25, 0.3) is 0 Å². The van der Waals surface area contributed by atoms with Crippen molar-refractivity contribution < 1.29 is 18.0 Å². The lowest BCUT2D eigenvalue weighted by Gasteiger charge is -2.55. The summed E-state index contributed by atoms with van der Waals surface area (Å²) < 4.78 is 40.8. The Kier molecular flexibility index (Phi) is 3.85. The van der Waals surface area contributed by atoms with E-state index < -0.39 is 12.1 Å². The number of nitrogens with zero attached hydrogens (tertiary/aromatic N) is 3. The second kappa shape index (κ2) is 5.95. The van der Waals surface area contributed by atoms with Gasteiger partial charge in [0.1, 0.15) is 5.82 Å². The average molecular weight is 382 g/mol. The summed E-state index contributed by atoms with van der Waals surface area (Å²) in [6, 6.07) is 0. The van der Waals surface area contributed by atoms with Crippen molar-refractivity contribution in [2.75, 3.05) is 0 Å². The zero-order valence-electron chi connectivity index (χ0n) is 15.3. The summed E-state index contributed by atoms with van der Waals surface area (Å²) in [6.45, 7) is 0.0204. The van der Waals surface area contributed by atoms with Gasteiger partial charge in [-0.3, -0.25) is 4.79 Å². The lowest BCUT2D eigenvalue weighted by atomic mass is 9.49. The molecular formula is C19H25F3N4O. The van der Waals surface area contributed by atoms with Crippen LogP contribution >= 0.6 is 0 Å². The molecule has 0 aromatic carbocycles. The van der Waals surface area contributed by atoms with Crippen molar-refractivity contribution in [1.29, 1.82) is 0 Å². The minimum Gasteiger partial charge on any atom is -0.348 e. The minimum absolute atomic E-state index is 0.0568. The molecule has 0 unspecified atom stereocenters. The molecule has 0 spiro atoms. The number of halogens is 3. The third-order valence-electron chi connectivity index (χ3n) is 7.41. The molecule has 27 heavy (non-hydrogen) atoms. The summed E-state index contributed by atoms with van der Waals surface area (Å²) in [5.74, 6) is 1.77. The maximum Gasteiger partial charge on any atom is 0.393 e. The number of fused-ring (bicyclic) bond motifs is 1. The second-order valence-electron chi connectivity index (χ2n) is 9.30. The van der Waals surface area contributed by atoms with Crippen LogP contribution in [-0.4, -0.2) is 26.8 Å². The number of alkyl halides is 3. The molecular weight excluding hydrogens is 357 g/mol. The summed E-state index contributed by atoms with van der Waals surface area (Å²) in [6.07, 6.45) is 2.84. The van der Waals surface area contributed by atoms with Gasteiger partial charge in [-0.2, -0.15) is 13.2 Å². The predicted octanol–water partition coefficient (Wildman–Crippen LogP) is 3.24. The first kappa shape index (κ1) is 17.5. The van der Waals surface area contributed by atoms with Crippen molar-refractivity contribution in [1.82, 2.24) is 20.1 Å². The van der Waals surface area contributed by atoms with Gasteiger partial charge >= 0.3 is 6.18 Å². The van der Waals surface area contributed by atoms with E-state index >= 15 is 0 Å². The minimum atomic E-state index is -4.21. The number of carbonyl (C=O) groups excluding carboxylic acids is 1. The van der Waals surface area contributed by atoms with E-state index in [0.717, 1.165) is 19.3 Å². The first-order chi connectivity index (χ1) is 12.8. The molecule has 1 aromatic heterocycles. The maximum absolute atomic E-state index is 13.1. The van der Waals surface area contributed by atoms with E-state index in [4.69, 9.17) is 0 Å².